The number of methoxy groups -OCH3 is 1. The molecule has 0 unspecified atom stereocenters. The zero-order valence-corrected chi connectivity index (χ0v) is 14.0. The number of halogens is 1. The van der Waals surface area contributed by atoms with E-state index in [-0.39, 0.29) is 12.4 Å². The number of nitrogens with one attached hydrogen (secondary N) is 1. The average Bonchev–Trinajstić information content (AvgIpc) is 2.75. The van der Waals surface area contributed by atoms with E-state index >= 15 is 0 Å². The molecule has 0 aromatic heterocycles. The smallest absolute Gasteiger partial charge is 0.165 e. The quantitative estimate of drug-likeness (QED) is 0.793. The molecule has 0 aliphatic heterocycles. The second kappa shape index (κ2) is 9.91. The third-order valence-electron chi connectivity index (χ3n) is 4.01. The number of benzene rings is 1. The molecule has 1 aromatic rings. The second-order valence-electron chi connectivity index (χ2n) is 5.45. The summed E-state index contributed by atoms with van der Waals surface area (Å²) >= 11 is 0. The van der Waals surface area contributed by atoms with Gasteiger partial charge in [0.2, 0.25) is 0 Å². The molecule has 0 saturated heterocycles. The van der Waals surface area contributed by atoms with Crippen LogP contribution in [0.25, 0.3) is 0 Å². The molecule has 0 spiro atoms. The first-order valence-corrected chi connectivity index (χ1v) is 7.87. The van der Waals surface area contributed by atoms with Crippen LogP contribution in [0.1, 0.15) is 51.0 Å². The lowest BCUT2D eigenvalue weighted by atomic mass is 10.1. The first-order chi connectivity index (χ1) is 9.85. The zero-order chi connectivity index (χ0) is 14.2. The van der Waals surface area contributed by atoms with Crippen LogP contribution in [0, 0.1) is 0 Å². The van der Waals surface area contributed by atoms with Gasteiger partial charge in [-0.25, -0.2) is 0 Å². The molecule has 1 N–H and O–H groups in total. The highest BCUT2D eigenvalue weighted by Gasteiger charge is 2.14. The fourth-order valence-corrected chi connectivity index (χ4v) is 2.91. The summed E-state index contributed by atoms with van der Waals surface area (Å²) in [6, 6.07) is 6.76. The average molecular weight is 314 g/mol. The van der Waals surface area contributed by atoms with Gasteiger partial charge in [-0.1, -0.05) is 37.8 Å². The fourth-order valence-electron chi connectivity index (χ4n) is 2.91. The van der Waals surface area contributed by atoms with Crippen molar-refractivity contribution >= 4 is 12.4 Å². The Morgan fingerprint density at radius 3 is 2.48 bits per heavy atom. The van der Waals surface area contributed by atoms with E-state index in [0.29, 0.717) is 12.6 Å². The van der Waals surface area contributed by atoms with Gasteiger partial charge in [-0.2, -0.15) is 0 Å². The second-order valence-corrected chi connectivity index (χ2v) is 5.45. The van der Waals surface area contributed by atoms with Gasteiger partial charge in [0.15, 0.2) is 11.5 Å². The maximum absolute atomic E-state index is 5.76. The maximum atomic E-state index is 5.76. The van der Waals surface area contributed by atoms with E-state index in [2.05, 4.69) is 11.4 Å². The van der Waals surface area contributed by atoms with Crippen LogP contribution in [0.2, 0.25) is 0 Å². The molecule has 1 fully saturated rings. The summed E-state index contributed by atoms with van der Waals surface area (Å²) < 4.78 is 11.2. The predicted molar refractivity (Wildman–Crippen MR) is 89.7 cm³/mol. The van der Waals surface area contributed by atoms with Crippen molar-refractivity contribution in [3.8, 4) is 11.5 Å². The van der Waals surface area contributed by atoms with Crippen molar-refractivity contribution in [3.05, 3.63) is 23.8 Å². The van der Waals surface area contributed by atoms with Crippen LogP contribution in [0.4, 0.5) is 0 Å². The zero-order valence-electron chi connectivity index (χ0n) is 13.2. The van der Waals surface area contributed by atoms with Crippen molar-refractivity contribution < 1.29 is 9.47 Å². The van der Waals surface area contributed by atoms with E-state index in [1.54, 1.807) is 7.11 Å². The Labute approximate surface area is 134 Å². The highest BCUT2D eigenvalue weighted by atomic mass is 35.5. The van der Waals surface area contributed by atoms with Crippen molar-refractivity contribution in [1.82, 2.24) is 5.32 Å². The van der Waals surface area contributed by atoms with Crippen molar-refractivity contribution in [3.63, 3.8) is 0 Å². The molecule has 0 radical (unpaired) electrons. The van der Waals surface area contributed by atoms with Crippen LogP contribution in [0.3, 0.4) is 0 Å². The van der Waals surface area contributed by atoms with Crippen LogP contribution < -0.4 is 14.8 Å². The lowest BCUT2D eigenvalue weighted by molar-refractivity contribution is 0.305. The summed E-state index contributed by atoms with van der Waals surface area (Å²) in [6.07, 6.45) is 8.09. The van der Waals surface area contributed by atoms with E-state index in [4.69, 9.17) is 9.47 Å². The van der Waals surface area contributed by atoms with Crippen LogP contribution in [-0.4, -0.2) is 19.8 Å². The van der Waals surface area contributed by atoms with Gasteiger partial charge in [-0.3, -0.25) is 0 Å². The summed E-state index contributed by atoms with van der Waals surface area (Å²) in [5.41, 5.74) is 1.19. The Morgan fingerprint density at radius 1 is 1.14 bits per heavy atom. The van der Waals surface area contributed by atoms with Gasteiger partial charge in [-0.05, 0) is 25.8 Å². The molecular formula is C17H28ClNO2. The molecule has 2 rings (SSSR count). The molecule has 1 aromatic carbocycles. The summed E-state index contributed by atoms with van der Waals surface area (Å²) in [6.45, 7) is 3.53. The number of ether oxygens (including phenoxy) is 2. The Morgan fingerprint density at radius 2 is 1.86 bits per heavy atom. The molecule has 0 atom stereocenters. The van der Waals surface area contributed by atoms with Crippen LogP contribution in [0.5, 0.6) is 11.5 Å². The maximum Gasteiger partial charge on any atom is 0.165 e. The highest BCUT2D eigenvalue weighted by Crippen LogP contribution is 2.31. The summed E-state index contributed by atoms with van der Waals surface area (Å²) in [5.74, 6) is 1.71. The largest absolute Gasteiger partial charge is 0.493 e. The van der Waals surface area contributed by atoms with Gasteiger partial charge in [-0.15, -0.1) is 12.4 Å². The third-order valence-corrected chi connectivity index (χ3v) is 4.01. The molecule has 3 nitrogen and oxygen atoms in total. The number of hydrogen-bond acceptors (Lipinski definition) is 3. The van der Waals surface area contributed by atoms with Crippen molar-refractivity contribution in [2.45, 2.75) is 58.0 Å². The molecule has 120 valence electrons. The topological polar surface area (TPSA) is 30.5 Å². The predicted octanol–water partition coefficient (Wildman–Crippen LogP) is 4.33. The van der Waals surface area contributed by atoms with E-state index in [1.807, 2.05) is 19.1 Å². The van der Waals surface area contributed by atoms with Gasteiger partial charge >= 0.3 is 0 Å². The van der Waals surface area contributed by atoms with Gasteiger partial charge in [0.05, 0.1) is 13.7 Å². The molecule has 1 aliphatic carbocycles. The lowest BCUT2D eigenvalue weighted by Gasteiger charge is -2.19. The van der Waals surface area contributed by atoms with E-state index in [1.165, 1.54) is 44.1 Å². The minimum atomic E-state index is 0. The lowest BCUT2D eigenvalue weighted by Crippen LogP contribution is -2.28. The normalized spacial score (nSPS) is 15.9. The highest BCUT2D eigenvalue weighted by molar-refractivity contribution is 5.85. The molecule has 0 heterocycles. The third kappa shape index (κ3) is 5.40. The van der Waals surface area contributed by atoms with Crippen molar-refractivity contribution in [2.24, 2.45) is 0 Å². The monoisotopic (exact) mass is 313 g/mol. The van der Waals surface area contributed by atoms with Crippen molar-refractivity contribution in [2.75, 3.05) is 13.7 Å². The minimum Gasteiger partial charge on any atom is -0.493 e. The molecule has 21 heavy (non-hydrogen) atoms. The molecule has 0 amide bonds. The van der Waals surface area contributed by atoms with Gasteiger partial charge in [0.1, 0.15) is 0 Å². The Balaban J connectivity index is 0.00000220. The number of rotatable bonds is 6. The van der Waals surface area contributed by atoms with Gasteiger partial charge in [0, 0.05) is 18.2 Å². The van der Waals surface area contributed by atoms with E-state index in [9.17, 15) is 0 Å². The molecular weight excluding hydrogens is 286 g/mol. The SMILES string of the molecule is CCOc1c(CNC2CCCCCC2)cccc1OC.Cl. The van der Waals surface area contributed by atoms with Gasteiger partial charge < -0.3 is 14.8 Å². The standard InChI is InChI=1S/C17H27NO2.ClH/c1-3-20-17-14(9-8-12-16(17)19-2)13-18-15-10-6-4-5-7-11-15;/h8-9,12,15,18H,3-7,10-11,13H2,1-2H3;1H. The summed E-state index contributed by atoms with van der Waals surface area (Å²) in [4.78, 5) is 0. The molecule has 0 bridgehead atoms. The molecule has 4 heteroatoms. The van der Waals surface area contributed by atoms with Crippen LogP contribution >= 0.6 is 12.4 Å². The van der Waals surface area contributed by atoms with E-state index in [0.717, 1.165) is 18.0 Å². The van der Waals surface area contributed by atoms with Crippen LogP contribution in [0.15, 0.2) is 18.2 Å². The van der Waals surface area contributed by atoms with Crippen molar-refractivity contribution in [1.29, 1.82) is 0 Å². The Kier molecular flexibility index (Phi) is 8.55. The Hall–Kier alpha value is -0.930. The first-order valence-electron chi connectivity index (χ1n) is 7.87. The summed E-state index contributed by atoms with van der Waals surface area (Å²) in [7, 11) is 1.69. The van der Waals surface area contributed by atoms with Crippen LogP contribution in [-0.2, 0) is 6.54 Å². The number of hydrogen-bond donors (Lipinski definition) is 1. The minimum absolute atomic E-state index is 0. The first kappa shape index (κ1) is 18.1. The molecule has 1 saturated carbocycles. The van der Waals surface area contributed by atoms with Gasteiger partial charge in [0.25, 0.3) is 0 Å². The molecule has 1 aliphatic rings. The summed E-state index contributed by atoms with van der Waals surface area (Å²) in [5, 5.41) is 3.69. The number of para-hydroxylation sites is 1. The fraction of sp³-hybridized carbons (Fsp3) is 0.647. The Bertz CT molecular complexity index is 404. The van der Waals surface area contributed by atoms with E-state index < -0.39 is 0 Å².